The minimum absolute atomic E-state index is 0.0695. The molecular weight excluding hydrogens is 329 g/mol. The van der Waals surface area contributed by atoms with Crippen molar-refractivity contribution < 1.29 is 4.39 Å². The molecule has 0 amide bonds. The predicted molar refractivity (Wildman–Crippen MR) is 99.2 cm³/mol. The molecule has 3 N–H and O–H groups in total. The molecule has 7 heteroatoms. The van der Waals surface area contributed by atoms with Gasteiger partial charge in [0, 0.05) is 38.4 Å². The summed E-state index contributed by atoms with van der Waals surface area (Å²) in [5.74, 6) is 0.358. The third-order valence-electron chi connectivity index (χ3n) is 4.19. The van der Waals surface area contributed by atoms with Crippen LogP contribution < -0.4 is 11.1 Å². The van der Waals surface area contributed by atoms with Crippen LogP contribution in [-0.4, -0.2) is 62.1 Å². The number of guanidine groups is 1. The van der Waals surface area contributed by atoms with E-state index in [2.05, 4.69) is 36.0 Å². The van der Waals surface area contributed by atoms with Crippen LogP contribution in [0.1, 0.15) is 13.8 Å². The summed E-state index contributed by atoms with van der Waals surface area (Å²) in [5, 5.41) is 3.39. The molecule has 0 spiro atoms. The molecule has 1 aliphatic heterocycles. The number of piperazine rings is 1. The van der Waals surface area contributed by atoms with Crippen molar-refractivity contribution in [1.29, 1.82) is 0 Å². The molecule has 1 heterocycles. The van der Waals surface area contributed by atoms with Crippen molar-refractivity contribution >= 4 is 23.2 Å². The van der Waals surface area contributed by atoms with Crippen molar-refractivity contribution in [1.82, 2.24) is 9.80 Å². The lowest BCUT2D eigenvalue weighted by molar-refractivity contribution is 0.214. The third-order valence-corrected chi connectivity index (χ3v) is 4.48. The normalized spacial score (nSPS) is 17.2. The van der Waals surface area contributed by atoms with Crippen LogP contribution in [0.5, 0.6) is 0 Å². The summed E-state index contributed by atoms with van der Waals surface area (Å²) in [4.78, 5) is 9.26. The lowest BCUT2D eigenvalue weighted by Crippen LogP contribution is -2.49. The largest absolute Gasteiger partial charge is 0.340 e. The number of likely N-dealkylation sites (N-methyl/N-ethyl adjacent to an activating group) is 1. The zero-order chi connectivity index (χ0) is 17.7. The quantitative estimate of drug-likeness (QED) is 0.643. The number of rotatable bonds is 4. The summed E-state index contributed by atoms with van der Waals surface area (Å²) in [6, 6.07) is 4.60. The summed E-state index contributed by atoms with van der Waals surface area (Å²) in [6.45, 7) is 9.10. The Labute approximate surface area is 148 Å². The van der Waals surface area contributed by atoms with Gasteiger partial charge in [0.15, 0.2) is 5.96 Å². The highest BCUT2D eigenvalue weighted by molar-refractivity contribution is 6.31. The Hall–Kier alpha value is -1.37. The Morgan fingerprint density at radius 3 is 2.58 bits per heavy atom. The maximum absolute atomic E-state index is 13.4. The molecule has 0 saturated carbocycles. The number of halogens is 2. The first-order chi connectivity index (χ1) is 11.3. The molecule has 1 fully saturated rings. The second-order valence-electron chi connectivity index (χ2n) is 7.05. The fourth-order valence-corrected chi connectivity index (χ4v) is 2.47. The zero-order valence-electron chi connectivity index (χ0n) is 14.6. The van der Waals surface area contributed by atoms with Crippen LogP contribution in [0.25, 0.3) is 0 Å². The number of benzene rings is 1. The van der Waals surface area contributed by atoms with Crippen molar-refractivity contribution in [3.05, 3.63) is 29.0 Å². The number of anilines is 1. The lowest BCUT2D eigenvalue weighted by atomic mass is 9.94. The average Bonchev–Trinajstić information content (AvgIpc) is 2.55. The van der Waals surface area contributed by atoms with E-state index in [1.54, 1.807) is 12.1 Å². The molecule has 5 nitrogen and oxygen atoms in total. The van der Waals surface area contributed by atoms with Crippen LogP contribution in [0, 0.1) is 11.2 Å². The fourth-order valence-electron chi connectivity index (χ4n) is 2.29. The number of nitrogens with zero attached hydrogens (tertiary/aromatic N) is 3. The highest BCUT2D eigenvalue weighted by atomic mass is 35.5. The summed E-state index contributed by atoms with van der Waals surface area (Å²) in [6.07, 6.45) is 0. The van der Waals surface area contributed by atoms with Crippen LogP contribution in [0.3, 0.4) is 0 Å². The Kier molecular flexibility index (Phi) is 6.43. The molecule has 0 unspecified atom stereocenters. The highest BCUT2D eigenvalue weighted by Crippen LogP contribution is 2.20. The van der Waals surface area contributed by atoms with Gasteiger partial charge in [0.1, 0.15) is 5.82 Å². The topological polar surface area (TPSA) is 56.9 Å². The standard InChI is InChI=1S/C17H27ClFN5/c1-17(2,11-20)12-21-16(24-8-6-23(3)7-9-24)22-13-4-5-15(19)14(18)10-13/h4-5,10H,6-9,11-12,20H2,1-3H3,(H,21,22). The van der Waals surface area contributed by atoms with E-state index in [1.165, 1.54) is 6.07 Å². The molecule has 0 aromatic heterocycles. The number of aliphatic imine (C=N–C) groups is 1. The predicted octanol–water partition coefficient (Wildman–Crippen LogP) is 2.48. The minimum atomic E-state index is -0.426. The monoisotopic (exact) mass is 355 g/mol. The first-order valence-electron chi connectivity index (χ1n) is 8.21. The maximum atomic E-state index is 13.4. The summed E-state index contributed by atoms with van der Waals surface area (Å²) < 4.78 is 13.4. The van der Waals surface area contributed by atoms with Crippen molar-refractivity contribution in [3.8, 4) is 0 Å². The van der Waals surface area contributed by atoms with Gasteiger partial charge in [-0.15, -0.1) is 0 Å². The highest BCUT2D eigenvalue weighted by Gasteiger charge is 2.20. The summed E-state index contributed by atoms with van der Waals surface area (Å²) in [7, 11) is 2.11. The van der Waals surface area contributed by atoms with E-state index < -0.39 is 5.82 Å². The first kappa shape index (κ1) is 19.0. The van der Waals surface area contributed by atoms with Crippen LogP contribution in [0.15, 0.2) is 23.2 Å². The van der Waals surface area contributed by atoms with E-state index in [9.17, 15) is 4.39 Å². The van der Waals surface area contributed by atoms with Gasteiger partial charge in [0.25, 0.3) is 0 Å². The van der Waals surface area contributed by atoms with E-state index in [0.717, 1.165) is 37.8 Å². The summed E-state index contributed by atoms with van der Waals surface area (Å²) in [5.41, 5.74) is 6.47. The van der Waals surface area contributed by atoms with E-state index in [1.807, 2.05) is 0 Å². The first-order valence-corrected chi connectivity index (χ1v) is 8.58. The average molecular weight is 356 g/mol. The van der Waals surface area contributed by atoms with Gasteiger partial charge in [0.2, 0.25) is 0 Å². The van der Waals surface area contributed by atoms with E-state index in [4.69, 9.17) is 22.3 Å². The van der Waals surface area contributed by atoms with Gasteiger partial charge in [-0.1, -0.05) is 25.4 Å². The van der Waals surface area contributed by atoms with Crippen LogP contribution >= 0.6 is 11.6 Å². The second kappa shape index (κ2) is 8.14. The number of hydrogen-bond donors (Lipinski definition) is 2. The van der Waals surface area contributed by atoms with Gasteiger partial charge in [-0.3, -0.25) is 4.99 Å². The van der Waals surface area contributed by atoms with Crippen LogP contribution in [0.4, 0.5) is 10.1 Å². The molecule has 1 saturated heterocycles. The molecule has 0 aliphatic carbocycles. The Morgan fingerprint density at radius 2 is 2.00 bits per heavy atom. The fraction of sp³-hybridized carbons (Fsp3) is 0.588. The molecule has 2 rings (SSSR count). The number of nitrogens with one attached hydrogen (secondary N) is 1. The van der Waals surface area contributed by atoms with Gasteiger partial charge in [-0.2, -0.15) is 0 Å². The van der Waals surface area contributed by atoms with Gasteiger partial charge >= 0.3 is 0 Å². The van der Waals surface area contributed by atoms with Crippen molar-refractivity contribution in [2.45, 2.75) is 13.8 Å². The van der Waals surface area contributed by atoms with Gasteiger partial charge < -0.3 is 20.9 Å². The van der Waals surface area contributed by atoms with E-state index >= 15 is 0 Å². The van der Waals surface area contributed by atoms with Crippen molar-refractivity contribution in [3.63, 3.8) is 0 Å². The Morgan fingerprint density at radius 1 is 1.33 bits per heavy atom. The van der Waals surface area contributed by atoms with E-state index in [-0.39, 0.29) is 10.4 Å². The lowest BCUT2D eigenvalue weighted by Gasteiger charge is -2.35. The van der Waals surface area contributed by atoms with Crippen LogP contribution in [0.2, 0.25) is 5.02 Å². The smallest absolute Gasteiger partial charge is 0.198 e. The van der Waals surface area contributed by atoms with Gasteiger partial charge in [-0.25, -0.2) is 4.39 Å². The van der Waals surface area contributed by atoms with Crippen molar-refractivity contribution in [2.75, 3.05) is 51.6 Å². The molecule has 0 bridgehead atoms. The van der Waals surface area contributed by atoms with Crippen LogP contribution in [-0.2, 0) is 0 Å². The van der Waals surface area contributed by atoms with Gasteiger partial charge in [0.05, 0.1) is 5.02 Å². The Bertz CT molecular complexity index is 582. The molecule has 134 valence electrons. The zero-order valence-corrected chi connectivity index (χ0v) is 15.4. The molecule has 24 heavy (non-hydrogen) atoms. The summed E-state index contributed by atoms with van der Waals surface area (Å²) >= 11 is 5.88. The maximum Gasteiger partial charge on any atom is 0.198 e. The number of hydrogen-bond acceptors (Lipinski definition) is 3. The molecular formula is C17H27ClFN5. The number of nitrogens with two attached hydrogens (primary N) is 1. The third kappa shape index (κ3) is 5.33. The molecule has 0 atom stereocenters. The SMILES string of the molecule is CN1CCN(C(=NCC(C)(C)CN)Nc2ccc(F)c(Cl)c2)CC1. The second-order valence-corrected chi connectivity index (χ2v) is 7.46. The van der Waals surface area contributed by atoms with Gasteiger partial charge in [-0.05, 0) is 37.2 Å². The van der Waals surface area contributed by atoms with Crippen molar-refractivity contribution in [2.24, 2.45) is 16.1 Å². The molecule has 1 aliphatic rings. The molecule has 1 aromatic carbocycles. The molecule has 0 radical (unpaired) electrons. The minimum Gasteiger partial charge on any atom is -0.340 e. The Balaban J connectivity index is 2.18. The molecule has 1 aromatic rings. The van der Waals surface area contributed by atoms with E-state index in [0.29, 0.717) is 13.1 Å².